The molecule has 168 valence electrons. The van der Waals surface area contributed by atoms with Crippen molar-refractivity contribution in [2.75, 3.05) is 64.4 Å². The topological polar surface area (TPSA) is 74.1 Å². The van der Waals surface area contributed by atoms with Crippen LogP contribution >= 0.6 is 0 Å². The first-order valence-corrected chi connectivity index (χ1v) is 11.3. The number of rotatable bonds is 8. The van der Waals surface area contributed by atoms with Crippen LogP contribution in [0.3, 0.4) is 0 Å². The number of aromatic nitrogens is 1. The van der Waals surface area contributed by atoms with Gasteiger partial charge in [-0.05, 0) is 50.2 Å². The molecule has 1 N–H and O–H groups in total. The first-order chi connectivity index (χ1) is 15.2. The highest BCUT2D eigenvalue weighted by atomic mass is 16.5. The fourth-order valence-electron chi connectivity index (χ4n) is 4.24. The molecule has 1 amide bonds. The van der Waals surface area contributed by atoms with Gasteiger partial charge >= 0.3 is 0 Å². The number of hydrogen-bond acceptors (Lipinski definition) is 7. The molecule has 3 heterocycles. The average molecular weight is 428 g/mol. The van der Waals surface area contributed by atoms with E-state index in [1.54, 1.807) is 7.11 Å². The number of anilines is 1. The number of nitrogens with zero attached hydrogens (tertiary/aromatic N) is 4. The van der Waals surface area contributed by atoms with Crippen molar-refractivity contribution in [1.82, 2.24) is 20.1 Å². The van der Waals surface area contributed by atoms with E-state index in [4.69, 9.17) is 9.15 Å². The number of hydrogen-bond donors (Lipinski definition) is 1. The fourth-order valence-corrected chi connectivity index (χ4v) is 4.24. The molecule has 0 spiro atoms. The van der Waals surface area contributed by atoms with E-state index in [2.05, 4.69) is 37.1 Å². The Morgan fingerprint density at radius 1 is 1.03 bits per heavy atom. The zero-order chi connectivity index (χ0) is 21.5. The summed E-state index contributed by atoms with van der Waals surface area (Å²) < 4.78 is 10.8. The monoisotopic (exact) mass is 427 g/mol. The third-order valence-corrected chi connectivity index (χ3v) is 6.12. The van der Waals surface area contributed by atoms with Crippen LogP contribution in [0.4, 0.5) is 5.69 Å². The third-order valence-electron chi connectivity index (χ3n) is 6.12. The number of carbonyl (C=O) groups excluding carboxylic acids is 1. The molecule has 0 radical (unpaired) electrons. The molecule has 2 aliphatic rings. The molecule has 0 aliphatic carbocycles. The normalized spacial score (nSPS) is 18.2. The van der Waals surface area contributed by atoms with Crippen molar-refractivity contribution < 1.29 is 13.9 Å². The molecular formula is C23H33N5O3. The number of carbonyl (C=O) groups is 1. The van der Waals surface area contributed by atoms with Gasteiger partial charge < -0.3 is 24.3 Å². The minimum Gasteiger partial charge on any atom is -0.497 e. The van der Waals surface area contributed by atoms with Crippen LogP contribution in [0.15, 0.2) is 34.9 Å². The van der Waals surface area contributed by atoms with Crippen LogP contribution in [0.25, 0.3) is 0 Å². The van der Waals surface area contributed by atoms with Crippen LogP contribution in [0.5, 0.6) is 5.75 Å². The van der Waals surface area contributed by atoms with Crippen molar-refractivity contribution in [1.29, 1.82) is 0 Å². The number of piperidine rings is 1. The second-order valence-electron chi connectivity index (χ2n) is 8.25. The lowest BCUT2D eigenvalue weighted by Gasteiger charge is -2.35. The lowest BCUT2D eigenvalue weighted by Crippen LogP contribution is -2.46. The quantitative estimate of drug-likeness (QED) is 0.692. The molecule has 0 bridgehead atoms. The van der Waals surface area contributed by atoms with Crippen molar-refractivity contribution in [3.05, 3.63) is 42.1 Å². The SMILES string of the molecule is COc1ccc(N2CCN(Cc3nc(C(=O)NCCN4CCCCC4)co3)CC2)cc1. The van der Waals surface area contributed by atoms with Gasteiger partial charge in [-0.1, -0.05) is 6.42 Å². The van der Waals surface area contributed by atoms with E-state index in [1.807, 2.05) is 12.1 Å². The Bertz CT molecular complexity index is 824. The Balaban J connectivity index is 1.19. The highest BCUT2D eigenvalue weighted by Crippen LogP contribution is 2.21. The Morgan fingerprint density at radius 3 is 2.48 bits per heavy atom. The van der Waals surface area contributed by atoms with E-state index in [0.29, 0.717) is 24.7 Å². The maximum absolute atomic E-state index is 12.4. The lowest BCUT2D eigenvalue weighted by molar-refractivity contribution is 0.0941. The number of methoxy groups -OCH3 is 1. The molecule has 2 saturated heterocycles. The molecule has 0 saturated carbocycles. The molecular weight excluding hydrogens is 394 g/mol. The molecule has 31 heavy (non-hydrogen) atoms. The Hall–Kier alpha value is -2.58. The summed E-state index contributed by atoms with van der Waals surface area (Å²) in [4.78, 5) is 23.8. The van der Waals surface area contributed by atoms with E-state index in [9.17, 15) is 4.79 Å². The van der Waals surface area contributed by atoms with Gasteiger partial charge in [0, 0.05) is 45.0 Å². The molecule has 4 rings (SSSR count). The summed E-state index contributed by atoms with van der Waals surface area (Å²) in [6.45, 7) is 8.16. The second kappa shape index (κ2) is 10.6. The van der Waals surface area contributed by atoms with Crippen LogP contribution in [-0.4, -0.2) is 80.2 Å². The Morgan fingerprint density at radius 2 is 1.77 bits per heavy atom. The molecule has 8 heteroatoms. The van der Waals surface area contributed by atoms with Crippen molar-refractivity contribution in [2.45, 2.75) is 25.8 Å². The number of nitrogens with one attached hydrogen (secondary N) is 1. The number of likely N-dealkylation sites (tertiary alicyclic amines) is 1. The summed E-state index contributed by atoms with van der Waals surface area (Å²) >= 11 is 0. The van der Waals surface area contributed by atoms with Gasteiger partial charge in [0.15, 0.2) is 5.69 Å². The molecule has 1 aromatic heterocycles. The fraction of sp³-hybridized carbons (Fsp3) is 0.565. The van der Waals surface area contributed by atoms with Crippen molar-refractivity contribution in [2.24, 2.45) is 0 Å². The first-order valence-electron chi connectivity index (χ1n) is 11.3. The van der Waals surface area contributed by atoms with Crippen LogP contribution in [0.1, 0.15) is 35.6 Å². The lowest BCUT2D eigenvalue weighted by atomic mass is 10.1. The van der Waals surface area contributed by atoms with Gasteiger partial charge in [-0.15, -0.1) is 0 Å². The number of benzene rings is 1. The molecule has 2 aliphatic heterocycles. The summed E-state index contributed by atoms with van der Waals surface area (Å²) in [6, 6.07) is 8.18. The van der Waals surface area contributed by atoms with E-state index in [0.717, 1.165) is 51.6 Å². The number of amides is 1. The molecule has 2 aromatic rings. The molecule has 1 aromatic carbocycles. The Kier molecular flexibility index (Phi) is 7.43. The number of ether oxygens (including phenoxy) is 1. The Labute approximate surface area is 184 Å². The van der Waals surface area contributed by atoms with Crippen LogP contribution in [0.2, 0.25) is 0 Å². The number of oxazole rings is 1. The smallest absolute Gasteiger partial charge is 0.273 e. The molecule has 0 atom stereocenters. The van der Waals surface area contributed by atoms with Gasteiger partial charge in [-0.2, -0.15) is 0 Å². The number of piperazine rings is 1. The van der Waals surface area contributed by atoms with Crippen LogP contribution < -0.4 is 15.0 Å². The predicted molar refractivity (Wildman–Crippen MR) is 120 cm³/mol. The highest BCUT2D eigenvalue weighted by Gasteiger charge is 2.20. The summed E-state index contributed by atoms with van der Waals surface area (Å²) in [6.07, 6.45) is 5.31. The second-order valence-corrected chi connectivity index (χ2v) is 8.25. The minimum atomic E-state index is -0.156. The average Bonchev–Trinajstić information content (AvgIpc) is 3.29. The zero-order valence-corrected chi connectivity index (χ0v) is 18.4. The summed E-state index contributed by atoms with van der Waals surface area (Å²) in [5.74, 6) is 1.31. The zero-order valence-electron chi connectivity index (χ0n) is 18.4. The van der Waals surface area contributed by atoms with E-state index >= 15 is 0 Å². The van der Waals surface area contributed by atoms with Gasteiger partial charge in [0.1, 0.15) is 12.0 Å². The molecule has 0 unspecified atom stereocenters. The maximum Gasteiger partial charge on any atom is 0.273 e. The molecule has 8 nitrogen and oxygen atoms in total. The standard InChI is InChI=1S/C23H33N5O3/c1-30-20-7-5-19(6-8-20)28-15-13-27(14-16-28)17-22-25-21(18-31-22)23(29)24-9-12-26-10-3-2-4-11-26/h5-8,18H,2-4,9-17H2,1H3,(H,24,29). The van der Waals surface area contributed by atoms with E-state index in [-0.39, 0.29) is 5.91 Å². The van der Waals surface area contributed by atoms with E-state index < -0.39 is 0 Å². The van der Waals surface area contributed by atoms with Crippen molar-refractivity contribution >= 4 is 11.6 Å². The summed E-state index contributed by atoms with van der Waals surface area (Å²) in [5.41, 5.74) is 1.57. The van der Waals surface area contributed by atoms with Gasteiger partial charge in [0.05, 0.1) is 13.7 Å². The molecule has 2 fully saturated rings. The third kappa shape index (κ3) is 5.98. The van der Waals surface area contributed by atoms with Crippen LogP contribution in [-0.2, 0) is 6.54 Å². The van der Waals surface area contributed by atoms with E-state index in [1.165, 1.54) is 31.2 Å². The summed E-state index contributed by atoms with van der Waals surface area (Å²) in [7, 11) is 1.68. The van der Waals surface area contributed by atoms with Crippen molar-refractivity contribution in [3.8, 4) is 5.75 Å². The highest BCUT2D eigenvalue weighted by molar-refractivity contribution is 5.91. The summed E-state index contributed by atoms with van der Waals surface area (Å²) in [5, 5.41) is 2.96. The van der Waals surface area contributed by atoms with Crippen molar-refractivity contribution in [3.63, 3.8) is 0 Å². The minimum absolute atomic E-state index is 0.156. The van der Waals surface area contributed by atoms with Crippen LogP contribution in [0, 0.1) is 0 Å². The largest absolute Gasteiger partial charge is 0.497 e. The first kappa shape index (κ1) is 21.6. The van der Waals surface area contributed by atoms with Gasteiger partial charge in [0.25, 0.3) is 5.91 Å². The van der Waals surface area contributed by atoms with Gasteiger partial charge in [-0.3, -0.25) is 9.69 Å². The van der Waals surface area contributed by atoms with Gasteiger partial charge in [0.2, 0.25) is 5.89 Å². The maximum atomic E-state index is 12.4. The van der Waals surface area contributed by atoms with Gasteiger partial charge in [-0.25, -0.2) is 4.98 Å². The predicted octanol–water partition coefficient (Wildman–Crippen LogP) is 2.22.